The van der Waals surface area contributed by atoms with Gasteiger partial charge in [-0.05, 0) is 48.6 Å². The third kappa shape index (κ3) is 6.14. The fourth-order valence-corrected chi connectivity index (χ4v) is 2.71. The Morgan fingerprint density at radius 3 is 2.71 bits per heavy atom. The maximum Gasteiger partial charge on any atom is 0.387 e. The summed E-state index contributed by atoms with van der Waals surface area (Å²) in [6, 6.07) is 6.15. The van der Waals surface area contributed by atoms with Gasteiger partial charge in [0.1, 0.15) is 5.75 Å². The predicted molar refractivity (Wildman–Crippen MR) is 86.2 cm³/mol. The van der Waals surface area contributed by atoms with Gasteiger partial charge in [0.25, 0.3) is 5.91 Å². The summed E-state index contributed by atoms with van der Waals surface area (Å²) >= 11 is 0. The fourth-order valence-electron chi connectivity index (χ4n) is 2.71. The van der Waals surface area contributed by atoms with Gasteiger partial charge in [0.2, 0.25) is 0 Å². The first-order chi connectivity index (χ1) is 11.5. The third-order valence-corrected chi connectivity index (χ3v) is 4.04. The monoisotopic (exact) mass is 340 g/mol. The van der Waals surface area contributed by atoms with Crippen molar-refractivity contribution in [1.29, 1.82) is 0 Å². The topological polar surface area (TPSA) is 59.9 Å². The number of rotatable bonds is 7. The molecule has 1 N–H and O–H groups in total. The Balaban J connectivity index is 1.70. The molecule has 1 aromatic carbocycles. The van der Waals surface area contributed by atoms with Crippen LogP contribution in [-0.4, -0.2) is 31.4 Å². The lowest BCUT2D eigenvalue weighted by Crippen LogP contribution is -2.42. The standard InChI is InChI=1S/C17H22F2N2O3/c1-12-4-2-3-5-15(12)21-16(22)11-23-20-10-13-6-8-14(9-7-13)24-17(18)19/h6-10,12,15,17H,2-5,11H2,1H3,(H,21,22)/b20-10-/t12-,15+/m0/s1. The number of nitrogens with one attached hydrogen (secondary N) is 1. The molecule has 132 valence electrons. The van der Waals surface area contributed by atoms with Crippen LogP contribution in [0.2, 0.25) is 0 Å². The molecule has 0 radical (unpaired) electrons. The molecule has 1 aliphatic carbocycles. The van der Waals surface area contributed by atoms with Crippen LogP contribution in [0.5, 0.6) is 5.75 Å². The summed E-state index contributed by atoms with van der Waals surface area (Å²) in [4.78, 5) is 16.8. The Morgan fingerprint density at radius 1 is 1.33 bits per heavy atom. The Labute approximate surface area is 140 Å². The number of hydrogen-bond acceptors (Lipinski definition) is 4. The second kappa shape index (κ2) is 9.20. The van der Waals surface area contributed by atoms with E-state index in [9.17, 15) is 13.6 Å². The minimum atomic E-state index is -2.85. The second-order valence-corrected chi connectivity index (χ2v) is 5.89. The molecular weight excluding hydrogens is 318 g/mol. The molecule has 0 aromatic heterocycles. The summed E-state index contributed by atoms with van der Waals surface area (Å²) < 4.78 is 28.3. The molecule has 0 heterocycles. The molecule has 1 fully saturated rings. The molecule has 1 aliphatic rings. The number of hydrogen-bond donors (Lipinski definition) is 1. The maximum absolute atomic E-state index is 12.0. The van der Waals surface area contributed by atoms with Crippen molar-refractivity contribution in [3.8, 4) is 5.75 Å². The van der Waals surface area contributed by atoms with Crippen molar-refractivity contribution in [1.82, 2.24) is 5.32 Å². The Bertz CT molecular complexity index is 549. The zero-order chi connectivity index (χ0) is 17.4. The van der Waals surface area contributed by atoms with E-state index >= 15 is 0 Å². The number of nitrogens with zero attached hydrogens (tertiary/aromatic N) is 1. The van der Waals surface area contributed by atoms with E-state index in [-0.39, 0.29) is 24.3 Å². The van der Waals surface area contributed by atoms with Gasteiger partial charge in [0.15, 0.2) is 6.61 Å². The van der Waals surface area contributed by atoms with Crippen molar-refractivity contribution in [3.63, 3.8) is 0 Å². The van der Waals surface area contributed by atoms with Gasteiger partial charge >= 0.3 is 6.61 Å². The molecule has 0 saturated heterocycles. The van der Waals surface area contributed by atoms with Crippen molar-refractivity contribution < 1.29 is 23.1 Å². The zero-order valence-electron chi connectivity index (χ0n) is 13.6. The molecule has 0 unspecified atom stereocenters. The normalized spacial score (nSPS) is 21.0. The minimum absolute atomic E-state index is 0.0732. The van der Waals surface area contributed by atoms with Gasteiger partial charge in [-0.2, -0.15) is 8.78 Å². The molecule has 0 spiro atoms. The lowest BCUT2D eigenvalue weighted by Gasteiger charge is -2.29. The molecule has 1 aromatic rings. The van der Waals surface area contributed by atoms with Gasteiger partial charge in [0, 0.05) is 6.04 Å². The summed E-state index contributed by atoms with van der Waals surface area (Å²) in [7, 11) is 0. The summed E-state index contributed by atoms with van der Waals surface area (Å²) in [5.74, 6) is 0.371. The molecule has 2 atom stereocenters. The molecule has 5 nitrogen and oxygen atoms in total. The van der Waals surface area contributed by atoms with E-state index < -0.39 is 6.61 Å². The molecule has 7 heteroatoms. The predicted octanol–water partition coefficient (Wildman–Crippen LogP) is 3.33. The average molecular weight is 340 g/mol. The number of halogens is 2. The Kier molecular flexibility index (Phi) is 6.96. The number of carbonyl (C=O) groups is 1. The van der Waals surface area contributed by atoms with Crippen molar-refractivity contribution in [2.45, 2.75) is 45.3 Å². The molecule has 24 heavy (non-hydrogen) atoms. The lowest BCUT2D eigenvalue weighted by atomic mass is 9.86. The van der Waals surface area contributed by atoms with E-state index in [4.69, 9.17) is 4.84 Å². The van der Waals surface area contributed by atoms with Crippen molar-refractivity contribution in [3.05, 3.63) is 29.8 Å². The van der Waals surface area contributed by atoms with E-state index in [0.29, 0.717) is 11.5 Å². The van der Waals surface area contributed by atoms with Crippen LogP contribution in [0.3, 0.4) is 0 Å². The van der Waals surface area contributed by atoms with Gasteiger partial charge < -0.3 is 14.9 Å². The minimum Gasteiger partial charge on any atom is -0.435 e. The first-order valence-corrected chi connectivity index (χ1v) is 8.04. The number of benzene rings is 1. The first-order valence-electron chi connectivity index (χ1n) is 8.04. The van der Waals surface area contributed by atoms with Crippen LogP contribution in [-0.2, 0) is 9.63 Å². The van der Waals surface area contributed by atoms with Crippen LogP contribution in [0, 0.1) is 5.92 Å². The summed E-state index contributed by atoms with van der Waals surface area (Å²) in [5, 5.41) is 6.68. The highest BCUT2D eigenvalue weighted by atomic mass is 19.3. The summed E-state index contributed by atoms with van der Waals surface area (Å²) in [5.41, 5.74) is 0.651. The second-order valence-electron chi connectivity index (χ2n) is 5.89. The van der Waals surface area contributed by atoms with Crippen LogP contribution in [0.1, 0.15) is 38.2 Å². The number of amides is 1. The molecular formula is C17H22F2N2O3. The van der Waals surface area contributed by atoms with Gasteiger partial charge in [0.05, 0.1) is 6.21 Å². The van der Waals surface area contributed by atoms with Crippen LogP contribution in [0.4, 0.5) is 8.78 Å². The van der Waals surface area contributed by atoms with E-state index in [1.807, 2.05) is 0 Å². The fraction of sp³-hybridized carbons (Fsp3) is 0.529. The molecule has 1 amide bonds. The first kappa shape index (κ1) is 18.2. The van der Waals surface area contributed by atoms with Crippen molar-refractivity contribution >= 4 is 12.1 Å². The number of carbonyl (C=O) groups excluding carboxylic acids is 1. The van der Waals surface area contributed by atoms with Gasteiger partial charge in [-0.15, -0.1) is 0 Å². The molecule has 0 aliphatic heterocycles. The average Bonchev–Trinajstić information content (AvgIpc) is 2.55. The van der Waals surface area contributed by atoms with Crippen molar-refractivity contribution in [2.75, 3.05) is 6.61 Å². The van der Waals surface area contributed by atoms with E-state index in [2.05, 4.69) is 22.1 Å². The maximum atomic E-state index is 12.0. The summed E-state index contributed by atoms with van der Waals surface area (Å²) in [6.07, 6.45) is 5.90. The van der Waals surface area contributed by atoms with E-state index in [1.165, 1.54) is 24.8 Å². The highest BCUT2D eigenvalue weighted by Crippen LogP contribution is 2.23. The Hall–Kier alpha value is -2.18. The number of alkyl halides is 2. The van der Waals surface area contributed by atoms with Crippen LogP contribution >= 0.6 is 0 Å². The van der Waals surface area contributed by atoms with Gasteiger partial charge in [-0.25, -0.2) is 0 Å². The highest BCUT2D eigenvalue weighted by Gasteiger charge is 2.22. The SMILES string of the molecule is C[C@H]1CCCC[C@H]1NC(=O)CO/N=C\c1ccc(OC(F)F)cc1. The van der Waals surface area contributed by atoms with Gasteiger partial charge in [-0.1, -0.05) is 24.9 Å². The van der Waals surface area contributed by atoms with Gasteiger partial charge in [-0.3, -0.25) is 4.79 Å². The van der Waals surface area contributed by atoms with E-state index in [0.717, 1.165) is 19.3 Å². The van der Waals surface area contributed by atoms with Crippen LogP contribution in [0.25, 0.3) is 0 Å². The summed E-state index contributed by atoms with van der Waals surface area (Å²) in [6.45, 7) is -0.852. The number of oxime groups is 1. The highest BCUT2D eigenvalue weighted by molar-refractivity contribution is 5.80. The number of ether oxygens (including phenoxy) is 1. The van der Waals surface area contributed by atoms with Crippen molar-refractivity contribution in [2.24, 2.45) is 11.1 Å². The smallest absolute Gasteiger partial charge is 0.387 e. The zero-order valence-corrected chi connectivity index (χ0v) is 13.6. The molecule has 1 saturated carbocycles. The lowest BCUT2D eigenvalue weighted by molar-refractivity contribution is -0.126. The third-order valence-electron chi connectivity index (χ3n) is 4.04. The van der Waals surface area contributed by atoms with E-state index in [1.54, 1.807) is 12.1 Å². The molecule has 2 rings (SSSR count). The quantitative estimate of drug-likeness (QED) is 0.612. The molecule has 0 bridgehead atoms. The van der Waals surface area contributed by atoms with Crippen LogP contribution in [0.15, 0.2) is 29.4 Å². The largest absolute Gasteiger partial charge is 0.435 e. The van der Waals surface area contributed by atoms with Crippen LogP contribution < -0.4 is 10.1 Å². The Morgan fingerprint density at radius 2 is 2.04 bits per heavy atom.